The lowest BCUT2D eigenvalue weighted by Gasteiger charge is -2.09. The Morgan fingerprint density at radius 2 is 1.89 bits per heavy atom. The number of hydrogen-bond acceptors (Lipinski definition) is 5. The molecule has 0 amide bonds. The van der Waals surface area contributed by atoms with E-state index in [2.05, 4.69) is 22.2 Å². The molecule has 2 aromatic heterocycles. The molecule has 2 N–H and O–H groups in total. The van der Waals surface area contributed by atoms with Crippen LogP contribution >= 0.6 is 0 Å². The zero-order chi connectivity index (χ0) is 19.4. The fraction of sp³-hybridized carbons (Fsp3) is 0.421. The lowest BCUT2D eigenvalue weighted by atomic mass is 10.3. The van der Waals surface area contributed by atoms with Crippen LogP contribution in [0, 0.1) is 0 Å². The summed E-state index contributed by atoms with van der Waals surface area (Å²) in [5, 5.41) is 3.31. The molecule has 0 radical (unpaired) electrons. The number of nitrogens with zero attached hydrogens (tertiary/aromatic N) is 3. The number of imidazole rings is 1. The number of H-pyrrole nitrogens is 1. The first-order chi connectivity index (χ1) is 13.1. The van der Waals surface area contributed by atoms with Crippen molar-refractivity contribution in [3.05, 3.63) is 50.9 Å². The Kier molecular flexibility index (Phi) is 5.63. The van der Waals surface area contributed by atoms with Gasteiger partial charge in [-0.1, -0.05) is 13.3 Å². The third-order valence-corrected chi connectivity index (χ3v) is 4.56. The lowest BCUT2D eigenvalue weighted by molar-refractivity contribution is 0.415. The average Bonchev–Trinajstić information content (AvgIpc) is 3.05. The van der Waals surface area contributed by atoms with Gasteiger partial charge in [-0.3, -0.25) is 14.3 Å². The van der Waals surface area contributed by atoms with Crippen LogP contribution in [0.1, 0.15) is 32.5 Å². The summed E-state index contributed by atoms with van der Waals surface area (Å²) < 4.78 is 8.58. The second-order valence-electron chi connectivity index (χ2n) is 6.29. The number of hydrogen-bond donors (Lipinski definition) is 2. The van der Waals surface area contributed by atoms with Crippen LogP contribution in [0.3, 0.4) is 0 Å². The quantitative estimate of drug-likeness (QED) is 0.634. The Morgan fingerprint density at radius 1 is 1.15 bits per heavy atom. The van der Waals surface area contributed by atoms with Crippen LogP contribution in [0.2, 0.25) is 0 Å². The monoisotopic (exact) mass is 371 g/mol. The van der Waals surface area contributed by atoms with Gasteiger partial charge in [-0.15, -0.1) is 0 Å². The number of benzene rings is 1. The number of anilines is 1. The van der Waals surface area contributed by atoms with Crippen LogP contribution in [-0.2, 0) is 19.6 Å². The molecule has 0 aliphatic rings. The molecule has 0 aliphatic heterocycles. The third-order valence-electron chi connectivity index (χ3n) is 4.56. The first-order valence-corrected chi connectivity index (χ1v) is 9.19. The summed E-state index contributed by atoms with van der Waals surface area (Å²) in [5.74, 6) is 1.50. The molecule has 0 bridgehead atoms. The third kappa shape index (κ3) is 3.74. The van der Waals surface area contributed by atoms with Gasteiger partial charge in [0.1, 0.15) is 11.6 Å². The standard InChI is InChI=1S/C19H25N5O3/c1-4-6-11-24-17-16(18(25)22-19(24)26)23(5-2)15(21-17)12-20-13-7-9-14(27-3)10-8-13/h7-10,20H,4-6,11-12H2,1-3H3,(H,22,25,26). The molecule has 144 valence electrons. The number of rotatable bonds is 8. The molecular weight excluding hydrogens is 346 g/mol. The van der Waals surface area contributed by atoms with Gasteiger partial charge in [-0.2, -0.15) is 0 Å². The van der Waals surface area contributed by atoms with E-state index in [0.29, 0.717) is 36.6 Å². The minimum absolute atomic E-state index is 0.396. The predicted octanol–water partition coefficient (Wildman–Crippen LogP) is 2.33. The van der Waals surface area contributed by atoms with E-state index >= 15 is 0 Å². The molecule has 2 heterocycles. The summed E-state index contributed by atoms with van der Waals surface area (Å²) in [6.07, 6.45) is 1.80. The predicted molar refractivity (Wildman–Crippen MR) is 106 cm³/mol. The molecule has 1 aromatic carbocycles. The second kappa shape index (κ2) is 8.11. The van der Waals surface area contributed by atoms with Gasteiger partial charge in [0.15, 0.2) is 11.2 Å². The summed E-state index contributed by atoms with van der Waals surface area (Å²) in [6.45, 7) is 5.58. The van der Waals surface area contributed by atoms with Crippen molar-refractivity contribution >= 4 is 16.9 Å². The molecule has 0 spiro atoms. The van der Waals surface area contributed by atoms with E-state index in [9.17, 15) is 9.59 Å². The van der Waals surface area contributed by atoms with Crippen LogP contribution in [-0.4, -0.2) is 26.2 Å². The van der Waals surface area contributed by atoms with E-state index in [1.165, 1.54) is 0 Å². The number of aromatic amines is 1. The van der Waals surface area contributed by atoms with E-state index in [1.54, 1.807) is 11.7 Å². The molecule has 8 nitrogen and oxygen atoms in total. The number of ether oxygens (including phenoxy) is 1. The number of aromatic nitrogens is 4. The highest BCUT2D eigenvalue weighted by Gasteiger charge is 2.17. The molecular formula is C19H25N5O3. The maximum absolute atomic E-state index is 12.4. The largest absolute Gasteiger partial charge is 0.497 e. The van der Waals surface area contributed by atoms with Crippen LogP contribution in [0.4, 0.5) is 5.69 Å². The highest BCUT2D eigenvalue weighted by Crippen LogP contribution is 2.17. The fourth-order valence-electron chi connectivity index (χ4n) is 3.11. The number of aryl methyl sites for hydroxylation is 2. The lowest BCUT2D eigenvalue weighted by Crippen LogP contribution is -2.31. The van der Waals surface area contributed by atoms with E-state index in [1.807, 2.05) is 35.8 Å². The van der Waals surface area contributed by atoms with Gasteiger partial charge < -0.3 is 14.6 Å². The highest BCUT2D eigenvalue weighted by atomic mass is 16.5. The van der Waals surface area contributed by atoms with Gasteiger partial charge in [0.2, 0.25) is 0 Å². The first kappa shape index (κ1) is 18.8. The summed E-state index contributed by atoms with van der Waals surface area (Å²) in [6, 6.07) is 7.58. The van der Waals surface area contributed by atoms with Crippen molar-refractivity contribution in [2.45, 2.75) is 46.3 Å². The minimum Gasteiger partial charge on any atom is -0.497 e. The molecule has 8 heteroatoms. The van der Waals surface area contributed by atoms with Crippen molar-refractivity contribution in [1.82, 2.24) is 19.1 Å². The van der Waals surface area contributed by atoms with Crippen molar-refractivity contribution < 1.29 is 4.74 Å². The molecule has 0 saturated carbocycles. The molecule has 0 saturated heterocycles. The summed E-state index contributed by atoms with van der Waals surface area (Å²) in [4.78, 5) is 31.7. The van der Waals surface area contributed by atoms with Crippen LogP contribution in [0.5, 0.6) is 5.75 Å². The minimum atomic E-state index is -0.406. The van der Waals surface area contributed by atoms with Crippen LogP contribution < -0.4 is 21.3 Å². The Morgan fingerprint density at radius 3 is 2.52 bits per heavy atom. The number of nitrogens with one attached hydrogen (secondary N) is 2. The number of fused-ring (bicyclic) bond motifs is 1. The topological polar surface area (TPSA) is 93.9 Å². The van der Waals surface area contributed by atoms with Gasteiger partial charge in [-0.05, 0) is 37.6 Å². The fourth-order valence-corrected chi connectivity index (χ4v) is 3.11. The number of methoxy groups -OCH3 is 1. The van der Waals surface area contributed by atoms with Crippen molar-refractivity contribution in [2.75, 3.05) is 12.4 Å². The molecule has 0 aliphatic carbocycles. The van der Waals surface area contributed by atoms with Crippen LogP contribution in [0.15, 0.2) is 33.9 Å². The maximum atomic E-state index is 12.4. The Bertz CT molecular complexity index is 1030. The molecule has 0 fully saturated rings. The Balaban J connectivity index is 1.98. The molecule has 27 heavy (non-hydrogen) atoms. The Labute approximate surface area is 156 Å². The normalized spacial score (nSPS) is 11.1. The van der Waals surface area contributed by atoms with Gasteiger partial charge in [0, 0.05) is 18.8 Å². The summed E-state index contributed by atoms with van der Waals surface area (Å²) in [7, 11) is 1.63. The van der Waals surface area contributed by atoms with Gasteiger partial charge in [0.05, 0.1) is 13.7 Å². The van der Waals surface area contributed by atoms with E-state index in [0.717, 1.165) is 24.3 Å². The van der Waals surface area contributed by atoms with Crippen LogP contribution in [0.25, 0.3) is 11.2 Å². The summed E-state index contributed by atoms with van der Waals surface area (Å²) >= 11 is 0. The smallest absolute Gasteiger partial charge is 0.330 e. The average molecular weight is 371 g/mol. The molecule has 0 unspecified atom stereocenters. The maximum Gasteiger partial charge on any atom is 0.330 e. The molecule has 3 aromatic rings. The van der Waals surface area contributed by atoms with Crippen molar-refractivity contribution in [2.24, 2.45) is 0 Å². The summed E-state index contributed by atoms with van der Waals surface area (Å²) in [5.41, 5.74) is 1.01. The van der Waals surface area contributed by atoms with E-state index in [4.69, 9.17) is 4.74 Å². The van der Waals surface area contributed by atoms with Gasteiger partial charge >= 0.3 is 5.69 Å². The first-order valence-electron chi connectivity index (χ1n) is 9.19. The molecule has 0 atom stereocenters. The highest BCUT2D eigenvalue weighted by molar-refractivity contribution is 5.71. The van der Waals surface area contributed by atoms with Gasteiger partial charge in [-0.25, -0.2) is 9.78 Å². The van der Waals surface area contributed by atoms with Gasteiger partial charge in [0.25, 0.3) is 5.56 Å². The van der Waals surface area contributed by atoms with Crippen molar-refractivity contribution in [3.63, 3.8) is 0 Å². The SMILES string of the molecule is CCCCn1c(=O)[nH]c(=O)c2c1nc(CNc1ccc(OC)cc1)n2CC. The Hall–Kier alpha value is -3.03. The van der Waals surface area contributed by atoms with Crippen molar-refractivity contribution in [3.8, 4) is 5.75 Å². The second-order valence-corrected chi connectivity index (χ2v) is 6.29. The molecule has 3 rings (SSSR count). The number of unbranched alkanes of at least 4 members (excludes halogenated alkanes) is 1. The van der Waals surface area contributed by atoms with E-state index in [-0.39, 0.29) is 0 Å². The van der Waals surface area contributed by atoms with Crippen molar-refractivity contribution in [1.29, 1.82) is 0 Å². The van der Waals surface area contributed by atoms with E-state index < -0.39 is 11.2 Å². The zero-order valence-corrected chi connectivity index (χ0v) is 15.9. The zero-order valence-electron chi connectivity index (χ0n) is 15.9.